The maximum Gasteiger partial charge on any atom is 0.262 e. The lowest BCUT2D eigenvalue weighted by Gasteiger charge is -2.17. The normalized spacial score (nSPS) is 15.3. The number of rotatable bonds is 8. The Morgan fingerprint density at radius 1 is 0.889 bits per heavy atom. The van der Waals surface area contributed by atoms with E-state index >= 15 is 0 Å². The highest BCUT2D eigenvalue weighted by Gasteiger charge is 2.20. The van der Waals surface area contributed by atoms with Gasteiger partial charge in [-0.05, 0) is 113 Å². The minimum Gasteiger partial charge on any atom is -0.496 e. The standard InChI is InChI=1S/C39H38N2O4/c1-25-19-32(24-42)38(45-4)21-30(25)13-12-29-7-5-8-34(26(29)2)35-9-6-10-37(27(35)3)41-18-15-31-20-28(11-14-36(31)39(41)44)22-40-17-16-33(43)23-40/h5-15,18-21,24,33,43H,16-17,22-23H2,1-4H3/b13-12+/t33-/m0/s1. The van der Waals surface area contributed by atoms with Crippen LogP contribution in [0.15, 0.2) is 83.8 Å². The molecule has 1 atom stereocenters. The molecule has 1 aliphatic rings. The Kier molecular flexibility index (Phi) is 8.52. The number of carbonyl (C=O) groups excluding carboxylic acids is 1. The maximum absolute atomic E-state index is 13.8. The maximum atomic E-state index is 13.8. The molecule has 1 aliphatic heterocycles. The second kappa shape index (κ2) is 12.7. The molecule has 6 rings (SSSR count). The number of carbonyl (C=O) groups is 1. The number of hydrogen-bond acceptors (Lipinski definition) is 5. The number of aryl methyl sites for hydroxylation is 1. The largest absolute Gasteiger partial charge is 0.496 e. The van der Waals surface area contributed by atoms with Crippen molar-refractivity contribution in [3.8, 4) is 22.6 Å². The van der Waals surface area contributed by atoms with Gasteiger partial charge >= 0.3 is 0 Å². The van der Waals surface area contributed by atoms with E-state index in [-0.39, 0.29) is 11.7 Å². The van der Waals surface area contributed by atoms with Crippen molar-refractivity contribution < 1.29 is 14.6 Å². The van der Waals surface area contributed by atoms with Crippen molar-refractivity contribution in [1.82, 2.24) is 9.47 Å². The van der Waals surface area contributed by atoms with Crippen molar-refractivity contribution in [3.63, 3.8) is 0 Å². The molecule has 1 N–H and O–H groups in total. The van der Waals surface area contributed by atoms with E-state index < -0.39 is 0 Å². The summed E-state index contributed by atoms with van der Waals surface area (Å²) in [5.74, 6) is 0.556. The van der Waals surface area contributed by atoms with Gasteiger partial charge in [0.15, 0.2) is 6.29 Å². The highest BCUT2D eigenvalue weighted by atomic mass is 16.5. The van der Waals surface area contributed by atoms with Crippen LogP contribution in [-0.4, -0.2) is 47.2 Å². The highest BCUT2D eigenvalue weighted by molar-refractivity contribution is 5.85. The fraction of sp³-hybridized carbons (Fsp3) is 0.231. The van der Waals surface area contributed by atoms with E-state index in [1.54, 1.807) is 11.7 Å². The number of nitrogens with zero attached hydrogens (tertiary/aromatic N) is 2. The van der Waals surface area contributed by atoms with Crippen molar-refractivity contribution >= 4 is 29.2 Å². The van der Waals surface area contributed by atoms with Crippen LogP contribution in [0.5, 0.6) is 5.75 Å². The quantitative estimate of drug-likeness (QED) is 0.152. The summed E-state index contributed by atoms with van der Waals surface area (Å²) < 4.78 is 7.16. The van der Waals surface area contributed by atoms with Gasteiger partial charge in [0.25, 0.3) is 5.56 Å². The minimum absolute atomic E-state index is 0.0457. The predicted octanol–water partition coefficient (Wildman–Crippen LogP) is 7.14. The summed E-state index contributed by atoms with van der Waals surface area (Å²) in [6.07, 6.45) is 7.39. The first-order valence-corrected chi connectivity index (χ1v) is 15.3. The number of hydrogen-bond donors (Lipinski definition) is 1. The third-order valence-electron chi connectivity index (χ3n) is 9.04. The van der Waals surface area contributed by atoms with Crippen LogP contribution in [0.1, 0.15) is 50.2 Å². The molecule has 0 bridgehead atoms. The van der Waals surface area contributed by atoms with Gasteiger partial charge in [-0.15, -0.1) is 0 Å². The van der Waals surface area contributed by atoms with Gasteiger partial charge < -0.3 is 9.84 Å². The Hall–Kier alpha value is -4.78. The van der Waals surface area contributed by atoms with Crippen molar-refractivity contribution in [3.05, 3.63) is 128 Å². The number of aldehydes is 1. The zero-order valence-corrected chi connectivity index (χ0v) is 26.2. The molecule has 6 heteroatoms. The van der Waals surface area contributed by atoms with E-state index in [1.165, 1.54) is 0 Å². The lowest BCUT2D eigenvalue weighted by atomic mass is 9.92. The molecule has 228 valence electrons. The third kappa shape index (κ3) is 5.99. The van der Waals surface area contributed by atoms with Crippen LogP contribution in [0.4, 0.5) is 0 Å². The molecule has 45 heavy (non-hydrogen) atoms. The van der Waals surface area contributed by atoms with E-state index in [4.69, 9.17) is 4.74 Å². The van der Waals surface area contributed by atoms with Gasteiger partial charge in [-0.1, -0.05) is 48.6 Å². The van der Waals surface area contributed by atoms with Crippen LogP contribution in [0, 0.1) is 20.8 Å². The first kappa shape index (κ1) is 30.3. The number of aliphatic hydroxyl groups is 1. The Morgan fingerprint density at radius 3 is 2.38 bits per heavy atom. The summed E-state index contributed by atoms with van der Waals surface area (Å²) >= 11 is 0. The molecule has 4 aromatic carbocycles. The van der Waals surface area contributed by atoms with Crippen molar-refractivity contribution in [2.45, 2.75) is 39.8 Å². The zero-order chi connectivity index (χ0) is 31.7. The molecule has 0 spiro atoms. The van der Waals surface area contributed by atoms with Crippen molar-refractivity contribution in [2.75, 3.05) is 20.2 Å². The molecule has 1 aromatic heterocycles. The second-order valence-corrected chi connectivity index (χ2v) is 12.0. The average Bonchev–Trinajstić information content (AvgIpc) is 3.45. The van der Waals surface area contributed by atoms with Gasteiger partial charge in [-0.25, -0.2) is 0 Å². The summed E-state index contributed by atoms with van der Waals surface area (Å²) in [7, 11) is 1.57. The molecule has 0 saturated carbocycles. The van der Waals surface area contributed by atoms with Crippen molar-refractivity contribution in [2.24, 2.45) is 0 Å². The topological polar surface area (TPSA) is 71.8 Å². The van der Waals surface area contributed by atoms with E-state index in [1.807, 2.05) is 55.6 Å². The number of methoxy groups -OCH3 is 1. The van der Waals surface area contributed by atoms with Gasteiger partial charge in [-0.2, -0.15) is 0 Å². The fourth-order valence-corrected chi connectivity index (χ4v) is 6.46. The van der Waals surface area contributed by atoms with Gasteiger partial charge in [0.2, 0.25) is 0 Å². The molecule has 0 radical (unpaired) electrons. The first-order valence-electron chi connectivity index (χ1n) is 15.3. The summed E-state index contributed by atoms with van der Waals surface area (Å²) in [6.45, 7) is 8.52. The number of β-amino-alcohol motifs (C(OH)–C–C–N with tert-alkyl or cyclic N) is 1. The van der Waals surface area contributed by atoms with Gasteiger partial charge in [0.05, 0.1) is 24.5 Å². The van der Waals surface area contributed by atoms with Crippen LogP contribution in [0.3, 0.4) is 0 Å². The lowest BCUT2D eigenvalue weighted by molar-refractivity contribution is 0.112. The Balaban J connectivity index is 1.32. The number of pyridine rings is 1. The second-order valence-electron chi connectivity index (χ2n) is 12.0. The van der Waals surface area contributed by atoms with E-state index in [9.17, 15) is 14.7 Å². The molecule has 0 aliphatic carbocycles. The number of fused-ring (bicyclic) bond motifs is 1. The van der Waals surface area contributed by atoms with E-state index in [0.717, 1.165) is 81.4 Å². The summed E-state index contributed by atoms with van der Waals surface area (Å²) in [6, 6.07) is 24.2. The Labute approximate surface area is 263 Å². The fourth-order valence-electron chi connectivity index (χ4n) is 6.46. The molecule has 0 amide bonds. The van der Waals surface area contributed by atoms with E-state index in [2.05, 4.69) is 61.2 Å². The number of ether oxygens (including phenoxy) is 1. The Morgan fingerprint density at radius 2 is 1.64 bits per heavy atom. The van der Waals surface area contributed by atoms with Gasteiger partial charge in [0.1, 0.15) is 5.75 Å². The highest BCUT2D eigenvalue weighted by Crippen LogP contribution is 2.33. The Bertz CT molecular complexity index is 2010. The third-order valence-corrected chi connectivity index (χ3v) is 9.04. The molecule has 6 nitrogen and oxygen atoms in total. The molecule has 1 saturated heterocycles. The molecule has 5 aromatic rings. The summed E-state index contributed by atoms with van der Waals surface area (Å²) in [5, 5.41) is 11.5. The monoisotopic (exact) mass is 598 g/mol. The number of aromatic nitrogens is 1. The minimum atomic E-state index is -0.249. The molecule has 0 unspecified atom stereocenters. The molecular formula is C39H38N2O4. The molecule has 1 fully saturated rings. The van der Waals surface area contributed by atoms with Crippen molar-refractivity contribution in [1.29, 1.82) is 0 Å². The molecule has 2 heterocycles. The smallest absolute Gasteiger partial charge is 0.262 e. The van der Waals surface area contributed by atoms with Crippen LogP contribution in [0.25, 0.3) is 39.7 Å². The van der Waals surface area contributed by atoms with Crippen LogP contribution in [-0.2, 0) is 6.54 Å². The summed E-state index contributed by atoms with van der Waals surface area (Å²) in [4.78, 5) is 27.4. The SMILES string of the molecule is COc1cc(/C=C/c2cccc(-c3cccc(-n4ccc5cc(CN6CC[C@H](O)C6)ccc5c4=O)c3C)c2C)c(C)cc1C=O. The zero-order valence-electron chi connectivity index (χ0n) is 26.2. The van der Waals surface area contributed by atoms with Gasteiger partial charge in [-0.3, -0.25) is 19.1 Å². The lowest BCUT2D eigenvalue weighted by Crippen LogP contribution is -2.22. The predicted molar refractivity (Wildman–Crippen MR) is 182 cm³/mol. The number of likely N-dealkylation sites (tertiary alicyclic amines) is 1. The van der Waals surface area contributed by atoms with Crippen LogP contribution < -0.4 is 10.3 Å². The van der Waals surface area contributed by atoms with Gasteiger partial charge in [0, 0.05) is 31.2 Å². The van der Waals surface area contributed by atoms with Crippen LogP contribution >= 0.6 is 0 Å². The first-order chi connectivity index (χ1) is 21.8. The number of benzene rings is 4. The molecular weight excluding hydrogens is 560 g/mol. The number of aliphatic hydroxyl groups excluding tert-OH is 1. The van der Waals surface area contributed by atoms with Crippen LogP contribution in [0.2, 0.25) is 0 Å². The summed E-state index contributed by atoms with van der Waals surface area (Å²) in [5.41, 5.74) is 9.88. The van der Waals surface area contributed by atoms with E-state index in [0.29, 0.717) is 23.2 Å². The average molecular weight is 599 g/mol.